The van der Waals surface area contributed by atoms with Gasteiger partial charge >= 0.3 is 0 Å². The van der Waals surface area contributed by atoms with Gasteiger partial charge in [-0.05, 0) is 50.9 Å². The van der Waals surface area contributed by atoms with Crippen LogP contribution in [-0.2, 0) is 34.3 Å². The molecule has 0 aromatic carbocycles. The summed E-state index contributed by atoms with van der Waals surface area (Å²) >= 11 is 0. The van der Waals surface area contributed by atoms with E-state index in [0.717, 1.165) is 43.4 Å². The highest BCUT2D eigenvalue weighted by Crippen LogP contribution is 2.32. The normalized spacial score (nSPS) is 22.3. The predicted octanol–water partition coefficient (Wildman–Crippen LogP) is 0.983. The van der Waals surface area contributed by atoms with Crippen molar-refractivity contribution >= 4 is 23.6 Å². The molecule has 198 valence electrons. The molecule has 1 fully saturated rings. The fourth-order valence-corrected chi connectivity index (χ4v) is 5.25. The van der Waals surface area contributed by atoms with E-state index in [4.69, 9.17) is 0 Å². The van der Waals surface area contributed by atoms with E-state index in [1.165, 1.54) is 4.90 Å². The third-order valence-corrected chi connectivity index (χ3v) is 7.56. The minimum absolute atomic E-state index is 0.0250. The maximum absolute atomic E-state index is 13.7. The molecule has 0 spiro atoms. The molecule has 10 heteroatoms. The van der Waals surface area contributed by atoms with Gasteiger partial charge in [-0.15, -0.1) is 0 Å². The fraction of sp³-hybridized carbons (Fsp3) is 0.731. The number of carbonyl (C=O) groups excluding carboxylic acids is 4. The third-order valence-electron chi connectivity index (χ3n) is 7.56. The first-order valence-electron chi connectivity index (χ1n) is 13.3. The molecule has 1 saturated carbocycles. The van der Waals surface area contributed by atoms with Gasteiger partial charge in [-0.2, -0.15) is 5.10 Å². The topological polar surface area (TPSA) is 108 Å². The molecule has 4 rings (SSSR count). The van der Waals surface area contributed by atoms with E-state index in [0.29, 0.717) is 44.1 Å². The van der Waals surface area contributed by atoms with Gasteiger partial charge in [0.25, 0.3) is 5.91 Å². The Morgan fingerprint density at radius 1 is 1.11 bits per heavy atom. The summed E-state index contributed by atoms with van der Waals surface area (Å²) < 4.78 is 1.76. The fourth-order valence-electron chi connectivity index (χ4n) is 5.25. The van der Waals surface area contributed by atoms with Gasteiger partial charge in [0.2, 0.25) is 17.7 Å². The van der Waals surface area contributed by atoms with Gasteiger partial charge in [-0.25, -0.2) is 0 Å². The van der Waals surface area contributed by atoms with Crippen LogP contribution in [0.2, 0.25) is 0 Å². The van der Waals surface area contributed by atoms with Crippen LogP contribution in [0, 0.1) is 11.8 Å². The van der Waals surface area contributed by atoms with Crippen LogP contribution in [0.3, 0.4) is 0 Å². The minimum Gasteiger partial charge on any atom is -0.354 e. The predicted molar refractivity (Wildman–Crippen MR) is 134 cm³/mol. The molecule has 1 aromatic rings. The Morgan fingerprint density at radius 2 is 1.86 bits per heavy atom. The number of aryl methyl sites for hydroxylation is 1. The van der Waals surface area contributed by atoms with Crippen molar-refractivity contribution in [3.8, 4) is 0 Å². The second-order valence-corrected chi connectivity index (χ2v) is 11.0. The van der Waals surface area contributed by atoms with Crippen LogP contribution in [-0.4, -0.2) is 93.9 Å². The molecule has 2 aliphatic carbocycles. The summed E-state index contributed by atoms with van der Waals surface area (Å²) in [6.45, 7) is 5.72. The Labute approximate surface area is 213 Å². The molecule has 1 unspecified atom stereocenters. The van der Waals surface area contributed by atoms with Crippen molar-refractivity contribution in [1.29, 1.82) is 0 Å². The van der Waals surface area contributed by atoms with Crippen LogP contribution >= 0.6 is 0 Å². The molecule has 0 saturated heterocycles. The maximum Gasteiger partial charge on any atom is 0.274 e. The summed E-state index contributed by atoms with van der Waals surface area (Å²) in [7, 11) is 3.45. The summed E-state index contributed by atoms with van der Waals surface area (Å²) in [5.41, 5.74) is 2.24. The van der Waals surface area contributed by atoms with E-state index in [1.807, 2.05) is 11.9 Å². The van der Waals surface area contributed by atoms with Gasteiger partial charge in [0, 0.05) is 56.9 Å². The van der Waals surface area contributed by atoms with Crippen molar-refractivity contribution in [2.45, 2.75) is 64.8 Å². The van der Waals surface area contributed by atoms with Crippen molar-refractivity contribution in [1.82, 2.24) is 29.8 Å². The number of hydrogen-bond acceptors (Lipinski definition) is 5. The van der Waals surface area contributed by atoms with Crippen LogP contribution in [0.1, 0.15) is 67.7 Å². The molecule has 1 N–H and O–H groups in total. The van der Waals surface area contributed by atoms with Gasteiger partial charge in [-0.1, -0.05) is 13.8 Å². The number of nitrogens with one attached hydrogen (secondary N) is 1. The number of fused-ring (bicyclic) bond motifs is 1. The first-order chi connectivity index (χ1) is 17.2. The maximum atomic E-state index is 13.7. The molecular weight excluding hydrogens is 460 g/mol. The highest BCUT2D eigenvalue weighted by atomic mass is 16.2. The molecule has 10 nitrogen and oxygen atoms in total. The van der Waals surface area contributed by atoms with Crippen molar-refractivity contribution in [3.05, 3.63) is 17.0 Å². The Balaban J connectivity index is 1.66. The standard InChI is InChI=1S/C26H40N6O4/c1-17(2)10-13-32-19-8-9-21-20(14-19)24(28-30(21)4)26(36)29(3)15-22(33)27-11-5-12-31(16-23(32)34)25(35)18-6-7-18/h17-19H,5-16H2,1-4H3,(H,27,33). The van der Waals surface area contributed by atoms with Gasteiger partial charge in [0.05, 0.1) is 13.1 Å². The van der Waals surface area contributed by atoms with Crippen molar-refractivity contribution in [2.24, 2.45) is 18.9 Å². The van der Waals surface area contributed by atoms with Crippen LogP contribution in [0.4, 0.5) is 0 Å². The lowest BCUT2D eigenvalue weighted by Crippen LogP contribution is -2.50. The quantitative estimate of drug-likeness (QED) is 0.663. The van der Waals surface area contributed by atoms with E-state index in [-0.39, 0.29) is 48.7 Å². The molecule has 2 heterocycles. The van der Waals surface area contributed by atoms with E-state index in [1.54, 1.807) is 16.6 Å². The molecule has 36 heavy (non-hydrogen) atoms. The Morgan fingerprint density at radius 3 is 2.56 bits per heavy atom. The summed E-state index contributed by atoms with van der Waals surface area (Å²) in [4.78, 5) is 57.5. The lowest BCUT2D eigenvalue weighted by molar-refractivity contribution is -0.143. The summed E-state index contributed by atoms with van der Waals surface area (Å²) in [6, 6.07) is -0.0566. The zero-order valence-corrected chi connectivity index (χ0v) is 22.1. The second-order valence-electron chi connectivity index (χ2n) is 11.0. The molecule has 1 aromatic heterocycles. The molecule has 4 amide bonds. The third kappa shape index (κ3) is 5.90. The zero-order chi connectivity index (χ0) is 26.0. The van der Waals surface area contributed by atoms with E-state index >= 15 is 0 Å². The first kappa shape index (κ1) is 26.2. The molecule has 1 atom stereocenters. The summed E-state index contributed by atoms with van der Waals surface area (Å²) in [5, 5.41) is 7.37. The number of aromatic nitrogens is 2. The average Bonchev–Trinajstić information content (AvgIpc) is 3.63. The van der Waals surface area contributed by atoms with Crippen LogP contribution in [0.5, 0.6) is 0 Å². The van der Waals surface area contributed by atoms with Crippen LogP contribution < -0.4 is 5.32 Å². The van der Waals surface area contributed by atoms with E-state index in [2.05, 4.69) is 24.3 Å². The molecular formula is C26H40N6O4. The number of hydrogen-bond donors (Lipinski definition) is 1. The second kappa shape index (κ2) is 11.0. The monoisotopic (exact) mass is 500 g/mol. The lowest BCUT2D eigenvalue weighted by Gasteiger charge is -2.37. The first-order valence-corrected chi connectivity index (χ1v) is 13.3. The molecule has 3 aliphatic rings. The number of nitrogens with zero attached hydrogens (tertiary/aromatic N) is 5. The smallest absolute Gasteiger partial charge is 0.274 e. The van der Waals surface area contributed by atoms with E-state index in [9.17, 15) is 19.2 Å². The van der Waals surface area contributed by atoms with Crippen molar-refractivity contribution < 1.29 is 19.2 Å². The van der Waals surface area contributed by atoms with Crippen LogP contribution in [0.25, 0.3) is 0 Å². The Hall–Kier alpha value is -2.91. The molecule has 1 aliphatic heterocycles. The van der Waals surface area contributed by atoms with Gasteiger partial charge in [-0.3, -0.25) is 23.9 Å². The zero-order valence-electron chi connectivity index (χ0n) is 22.1. The van der Waals surface area contributed by atoms with Gasteiger partial charge < -0.3 is 20.0 Å². The summed E-state index contributed by atoms with van der Waals surface area (Å²) in [6.07, 6.45) is 5.25. The highest BCUT2D eigenvalue weighted by molar-refractivity contribution is 5.96. The SMILES string of the molecule is CC(C)CCN1C(=O)CN(C(=O)C2CC2)CCCNC(=O)CN(C)C(=O)c2nn(C)c3c2CC1CC3. The number of rotatable bonds is 4. The van der Waals surface area contributed by atoms with Crippen molar-refractivity contribution in [2.75, 3.05) is 39.8 Å². The summed E-state index contributed by atoms with van der Waals surface area (Å²) in [5.74, 6) is -0.0626. The number of carbonyl (C=O) groups is 4. The number of likely N-dealkylation sites (N-methyl/N-ethyl adjacent to an activating group) is 1. The van der Waals surface area contributed by atoms with Gasteiger partial charge in [0.15, 0.2) is 5.69 Å². The van der Waals surface area contributed by atoms with Gasteiger partial charge in [0.1, 0.15) is 0 Å². The minimum atomic E-state index is -0.281. The van der Waals surface area contributed by atoms with Crippen molar-refractivity contribution in [3.63, 3.8) is 0 Å². The highest BCUT2D eigenvalue weighted by Gasteiger charge is 2.37. The number of amides is 4. The molecule has 2 bridgehead atoms. The van der Waals surface area contributed by atoms with Crippen LogP contribution in [0.15, 0.2) is 0 Å². The largest absolute Gasteiger partial charge is 0.354 e. The average molecular weight is 501 g/mol. The molecule has 0 radical (unpaired) electrons. The Kier molecular flexibility index (Phi) is 8.00. The Bertz CT molecular complexity index is 1010. The lowest BCUT2D eigenvalue weighted by atomic mass is 9.89. The van der Waals surface area contributed by atoms with E-state index < -0.39 is 0 Å².